The molecule has 169 valence electrons. The van der Waals surface area contributed by atoms with Crippen molar-refractivity contribution in [1.82, 2.24) is 9.13 Å². The van der Waals surface area contributed by atoms with Crippen LogP contribution in [0.15, 0.2) is 48.8 Å². The number of fused-ring (bicyclic) bond motifs is 1. The molecule has 0 spiro atoms. The molecule has 4 aromatic rings. The van der Waals surface area contributed by atoms with Gasteiger partial charge in [0.2, 0.25) is 0 Å². The molecular formula is C29H34N3Y-. The van der Waals surface area contributed by atoms with E-state index < -0.39 is 0 Å². The number of hydrogen-bond donors (Lipinski definition) is 0. The third-order valence-corrected chi connectivity index (χ3v) is 6.42. The molecule has 0 unspecified atom stereocenters. The van der Waals surface area contributed by atoms with Crippen molar-refractivity contribution in [3.05, 3.63) is 83.3 Å². The van der Waals surface area contributed by atoms with Crippen LogP contribution in [-0.4, -0.2) is 9.13 Å². The average molecular weight is 514 g/mol. The molecule has 0 N–H and O–H groups in total. The molecule has 2 aromatic heterocycles. The zero-order chi connectivity index (χ0) is 23.2. The van der Waals surface area contributed by atoms with Gasteiger partial charge >= 0.3 is 5.95 Å². The molecule has 2 heterocycles. The van der Waals surface area contributed by atoms with E-state index in [1.54, 1.807) is 0 Å². The maximum absolute atomic E-state index is 3.66. The van der Waals surface area contributed by atoms with Crippen LogP contribution in [-0.2, 0) is 39.8 Å². The fraction of sp³-hybridized carbons (Fsp3) is 0.345. The molecule has 0 atom stereocenters. The van der Waals surface area contributed by atoms with Gasteiger partial charge in [0.15, 0.2) is 0 Å². The zero-order valence-electron chi connectivity index (χ0n) is 21.2. The van der Waals surface area contributed by atoms with E-state index in [9.17, 15) is 0 Å². The van der Waals surface area contributed by atoms with Gasteiger partial charge in [0.1, 0.15) is 11.9 Å². The summed E-state index contributed by atoms with van der Waals surface area (Å²) >= 11 is 0. The molecular weight excluding hydrogens is 479 g/mol. The summed E-state index contributed by atoms with van der Waals surface area (Å²) in [5.74, 6) is 1.94. The van der Waals surface area contributed by atoms with E-state index >= 15 is 0 Å². The van der Waals surface area contributed by atoms with Crippen LogP contribution in [0.5, 0.6) is 0 Å². The Bertz CT molecular complexity index is 1290. The van der Waals surface area contributed by atoms with Gasteiger partial charge in [-0.2, -0.15) is 0 Å². The summed E-state index contributed by atoms with van der Waals surface area (Å²) in [5.41, 5.74) is 8.60. The average Bonchev–Trinajstić information content (AvgIpc) is 3.33. The maximum atomic E-state index is 3.66. The largest absolute Gasteiger partial charge is 0.347 e. The van der Waals surface area contributed by atoms with Crippen molar-refractivity contribution in [3.63, 3.8) is 0 Å². The molecule has 0 aliphatic rings. The van der Waals surface area contributed by atoms with Crippen molar-refractivity contribution in [2.24, 2.45) is 7.05 Å². The summed E-state index contributed by atoms with van der Waals surface area (Å²) in [6, 6.07) is 16.8. The van der Waals surface area contributed by atoms with Gasteiger partial charge in [0.05, 0.1) is 13.2 Å². The Labute approximate surface area is 224 Å². The monoisotopic (exact) mass is 513 g/mol. The Hall–Kier alpha value is -1.97. The van der Waals surface area contributed by atoms with Crippen molar-refractivity contribution < 1.29 is 37.3 Å². The molecule has 3 nitrogen and oxygen atoms in total. The second-order valence-electron chi connectivity index (χ2n) is 9.33. The molecule has 0 aliphatic carbocycles. The van der Waals surface area contributed by atoms with Crippen LogP contribution in [0.2, 0.25) is 0 Å². The quantitative estimate of drug-likeness (QED) is 0.205. The Morgan fingerprint density at radius 1 is 1.00 bits per heavy atom. The standard InChI is InChI=1S/C29H34N3.Y/c1-9-21(6)26-18-23-13-10-12-22(7)27(23)32(26)29-30(8)16-17-31(29)28-24(19(2)3)14-11-15-25(28)20(4)5;/h10-17,19-20H,1-8H3;/q-1;. The van der Waals surface area contributed by atoms with Gasteiger partial charge in [-0.3, -0.25) is 5.57 Å². The molecule has 0 amide bonds. The number of rotatable bonds is 5. The van der Waals surface area contributed by atoms with Crippen molar-refractivity contribution in [3.8, 4) is 11.6 Å². The predicted molar refractivity (Wildman–Crippen MR) is 134 cm³/mol. The molecule has 0 aliphatic heterocycles. The van der Waals surface area contributed by atoms with Crippen molar-refractivity contribution in [1.29, 1.82) is 0 Å². The minimum Gasteiger partial charge on any atom is -0.335 e. The number of nitrogens with zero attached hydrogens (tertiary/aromatic N) is 3. The summed E-state index contributed by atoms with van der Waals surface area (Å²) in [4.78, 5) is 0. The van der Waals surface area contributed by atoms with Gasteiger partial charge < -0.3 is 10.6 Å². The first-order chi connectivity index (χ1) is 15.3. The van der Waals surface area contributed by atoms with Gasteiger partial charge in [-0.1, -0.05) is 57.5 Å². The van der Waals surface area contributed by atoms with Crippen LogP contribution < -0.4 is 4.57 Å². The van der Waals surface area contributed by atoms with E-state index in [1.807, 2.05) is 6.92 Å². The molecule has 2 aromatic carbocycles. The van der Waals surface area contributed by atoms with Crippen LogP contribution in [0.4, 0.5) is 0 Å². The smallest absolute Gasteiger partial charge is 0.335 e. The normalized spacial score (nSPS) is 12.1. The first kappa shape index (κ1) is 25.7. The van der Waals surface area contributed by atoms with Gasteiger partial charge in [-0.05, 0) is 29.9 Å². The number of benzene rings is 2. The van der Waals surface area contributed by atoms with Crippen molar-refractivity contribution in [2.75, 3.05) is 0 Å². The Kier molecular flexibility index (Phi) is 7.86. The fourth-order valence-electron chi connectivity index (χ4n) is 4.63. The minimum atomic E-state index is 0. The van der Waals surface area contributed by atoms with Gasteiger partial charge in [0.25, 0.3) is 0 Å². The minimum absolute atomic E-state index is 0. The Balaban J connectivity index is 0.00000306. The van der Waals surface area contributed by atoms with E-state index in [0.29, 0.717) is 11.8 Å². The van der Waals surface area contributed by atoms with Gasteiger partial charge in [-0.15, -0.1) is 37.1 Å². The summed E-state index contributed by atoms with van der Waals surface area (Å²) in [6.45, 7) is 15.4. The molecule has 0 saturated heterocycles. The van der Waals surface area contributed by atoms with E-state index in [1.165, 1.54) is 27.9 Å². The molecule has 0 bridgehead atoms. The van der Waals surface area contributed by atoms with Gasteiger partial charge in [0, 0.05) is 38.2 Å². The predicted octanol–water partition coefficient (Wildman–Crippen LogP) is 6.83. The molecule has 1 radical (unpaired) electrons. The number of aromatic nitrogens is 3. The Morgan fingerprint density at radius 2 is 1.61 bits per heavy atom. The van der Waals surface area contributed by atoms with Crippen LogP contribution >= 0.6 is 0 Å². The maximum Gasteiger partial charge on any atom is 0.347 e. The third kappa shape index (κ3) is 4.43. The second kappa shape index (κ2) is 10.1. The molecule has 0 saturated carbocycles. The summed E-state index contributed by atoms with van der Waals surface area (Å²) < 4.78 is 6.95. The molecule has 4 heteroatoms. The summed E-state index contributed by atoms with van der Waals surface area (Å²) in [6.07, 6.45) is 7.70. The van der Waals surface area contributed by atoms with Crippen LogP contribution in [0.1, 0.15) is 75.8 Å². The first-order valence-corrected chi connectivity index (χ1v) is 11.5. The van der Waals surface area contributed by atoms with Crippen molar-refractivity contribution in [2.45, 2.75) is 60.3 Å². The van der Waals surface area contributed by atoms with E-state index in [0.717, 1.165) is 22.6 Å². The van der Waals surface area contributed by atoms with Gasteiger partial charge in [-0.25, -0.2) is 15.2 Å². The summed E-state index contributed by atoms with van der Waals surface area (Å²) in [5, 5.41) is 1.13. The number of allylic oxidation sites excluding steroid dienone is 2. The van der Waals surface area contributed by atoms with E-state index in [2.05, 4.69) is 123 Å². The second-order valence-corrected chi connectivity index (χ2v) is 9.33. The number of para-hydroxylation sites is 2. The van der Waals surface area contributed by atoms with Crippen LogP contribution in [0, 0.1) is 19.1 Å². The van der Waals surface area contributed by atoms with Crippen LogP contribution in [0.25, 0.3) is 28.1 Å². The van der Waals surface area contributed by atoms with E-state index in [4.69, 9.17) is 0 Å². The molecule has 4 rings (SSSR count). The molecule has 33 heavy (non-hydrogen) atoms. The zero-order valence-corrected chi connectivity index (χ0v) is 24.0. The topological polar surface area (TPSA) is 13.7 Å². The number of aryl methyl sites for hydroxylation is 2. The number of hydrogen-bond acceptors (Lipinski definition) is 0. The third-order valence-electron chi connectivity index (χ3n) is 6.42. The fourth-order valence-corrected chi connectivity index (χ4v) is 4.63. The van der Waals surface area contributed by atoms with E-state index in [-0.39, 0.29) is 32.7 Å². The Morgan fingerprint density at radius 3 is 2.18 bits per heavy atom. The SMILES string of the molecule is C[C-]=C(C)c1[c-]c2cccc(C)c2n1-c1n(-c2c(C(C)C)cccc2C(C)C)cc[n+]1C.[Y]. The number of imidazole rings is 1. The van der Waals surface area contributed by atoms with Crippen molar-refractivity contribution >= 4 is 16.5 Å². The molecule has 0 fully saturated rings. The summed E-state index contributed by atoms with van der Waals surface area (Å²) in [7, 11) is 2.13. The first-order valence-electron chi connectivity index (χ1n) is 11.5. The van der Waals surface area contributed by atoms with Crippen LogP contribution in [0.3, 0.4) is 0 Å².